The first-order valence-corrected chi connectivity index (χ1v) is 5.30. The Labute approximate surface area is 91.3 Å². The highest BCUT2D eigenvalue weighted by Crippen LogP contribution is 2.20. The number of pyridine rings is 1. The van der Waals surface area contributed by atoms with Crippen LogP contribution in [0.4, 0.5) is 0 Å². The minimum absolute atomic E-state index is 0.779. The molecule has 0 aliphatic heterocycles. The van der Waals surface area contributed by atoms with E-state index in [1.54, 1.807) is 0 Å². The van der Waals surface area contributed by atoms with E-state index in [0.717, 1.165) is 22.5 Å². The maximum Gasteiger partial charge on any atom is 0.140 e. The van der Waals surface area contributed by atoms with E-state index in [0.29, 0.717) is 0 Å². The zero-order valence-corrected chi connectivity index (χ0v) is 9.80. The van der Waals surface area contributed by atoms with Crippen molar-refractivity contribution >= 4 is 21.6 Å². The fourth-order valence-corrected chi connectivity index (χ4v) is 2.02. The Hall–Kier alpha value is -0.870. The lowest BCUT2D eigenvalue weighted by atomic mass is 10.3. The predicted octanol–water partition coefficient (Wildman–Crippen LogP) is 2.12. The third-order valence-electron chi connectivity index (χ3n) is 2.20. The van der Waals surface area contributed by atoms with Gasteiger partial charge in [0.15, 0.2) is 0 Å². The molecule has 0 saturated carbocycles. The second-order valence-corrected chi connectivity index (χ2v) is 4.02. The number of imidazole rings is 1. The van der Waals surface area contributed by atoms with Crippen molar-refractivity contribution in [3.05, 3.63) is 34.2 Å². The van der Waals surface area contributed by atoms with Crippen molar-refractivity contribution < 1.29 is 0 Å². The van der Waals surface area contributed by atoms with Gasteiger partial charge in [-0.2, -0.15) is 0 Å². The van der Waals surface area contributed by atoms with E-state index in [-0.39, 0.29) is 0 Å². The molecule has 74 valence electrons. The smallest absolute Gasteiger partial charge is 0.140 e. The van der Waals surface area contributed by atoms with Crippen LogP contribution < -0.4 is 5.32 Å². The molecule has 2 aromatic heterocycles. The molecule has 4 heteroatoms. The summed E-state index contributed by atoms with van der Waals surface area (Å²) in [6.45, 7) is 2.85. The number of hydrogen-bond donors (Lipinski definition) is 1. The van der Waals surface area contributed by atoms with E-state index >= 15 is 0 Å². The molecular formula is C10H12BrN3. The first kappa shape index (κ1) is 9.68. The van der Waals surface area contributed by atoms with Crippen molar-refractivity contribution in [2.75, 3.05) is 7.05 Å². The topological polar surface area (TPSA) is 29.3 Å². The van der Waals surface area contributed by atoms with E-state index in [9.17, 15) is 0 Å². The van der Waals surface area contributed by atoms with Gasteiger partial charge in [-0.05, 0) is 41.5 Å². The van der Waals surface area contributed by atoms with Gasteiger partial charge in [-0.1, -0.05) is 6.07 Å². The summed E-state index contributed by atoms with van der Waals surface area (Å²) in [4.78, 5) is 4.56. The van der Waals surface area contributed by atoms with Gasteiger partial charge < -0.3 is 5.32 Å². The standard InChI is InChI=1S/C10H12BrN3/c1-7-4-3-5-14-9(11)8(6-12-2)13-10(7)14/h3-5,12H,6H2,1-2H3. The number of rotatable bonds is 2. The lowest BCUT2D eigenvalue weighted by Gasteiger charge is -1.96. The van der Waals surface area contributed by atoms with E-state index < -0.39 is 0 Å². The van der Waals surface area contributed by atoms with Crippen LogP contribution in [0.2, 0.25) is 0 Å². The highest BCUT2D eigenvalue weighted by atomic mass is 79.9. The molecule has 14 heavy (non-hydrogen) atoms. The van der Waals surface area contributed by atoms with Gasteiger partial charge in [0, 0.05) is 12.7 Å². The van der Waals surface area contributed by atoms with Crippen LogP contribution in [-0.4, -0.2) is 16.4 Å². The Kier molecular flexibility index (Phi) is 2.56. The molecule has 2 aromatic rings. The third kappa shape index (κ3) is 1.44. The van der Waals surface area contributed by atoms with E-state index in [4.69, 9.17) is 0 Å². The Morgan fingerprint density at radius 2 is 2.36 bits per heavy atom. The average Bonchev–Trinajstić information content (AvgIpc) is 2.48. The summed E-state index contributed by atoms with van der Waals surface area (Å²) in [5, 5.41) is 3.10. The number of aryl methyl sites for hydroxylation is 1. The van der Waals surface area contributed by atoms with Crippen LogP contribution in [0, 0.1) is 6.92 Å². The number of nitrogens with zero attached hydrogens (tertiary/aromatic N) is 2. The minimum Gasteiger partial charge on any atom is -0.314 e. The Balaban J connectivity index is 2.67. The minimum atomic E-state index is 0.779. The van der Waals surface area contributed by atoms with Gasteiger partial charge in [0.25, 0.3) is 0 Å². The molecule has 0 bridgehead atoms. The molecule has 0 saturated heterocycles. The lowest BCUT2D eigenvalue weighted by Crippen LogP contribution is -2.05. The molecule has 1 N–H and O–H groups in total. The highest BCUT2D eigenvalue weighted by molar-refractivity contribution is 9.10. The first-order chi connectivity index (χ1) is 6.74. The molecule has 0 radical (unpaired) electrons. The second kappa shape index (κ2) is 3.71. The largest absolute Gasteiger partial charge is 0.314 e. The fourth-order valence-electron chi connectivity index (χ4n) is 1.50. The van der Waals surface area contributed by atoms with Gasteiger partial charge >= 0.3 is 0 Å². The van der Waals surface area contributed by atoms with Crippen molar-refractivity contribution in [1.29, 1.82) is 0 Å². The van der Waals surface area contributed by atoms with Gasteiger partial charge in [0.05, 0.1) is 5.69 Å². The van der Waals surface area contributed by atoms with Crippen molar-refractivity contribution in [2.24, 2.45) is 0 Å². The summed E-state index contributed by atoms with van der Waals surface area (Å²) in [5.41, 5.74) is 3.25. The van der Waals surface area contributed by atoms with E-state index in [1.807, 2.05) is 19.3 Å². The maximum absolute atomic E-state index is 4.56. The van der Waals surface area contributed by atoms with Crippen LogP contribution in [0.3, 0.4) is 0 Å². The van der Waals surface area contributed by atoms with Crippen molar-refractivity contribution in [3.63, 3.8) is 0 Å². The number of hydrogen-bond acceptors (Lipinski definition) is 2. The number of nitrogens with one attached hydrogen (secondary N) is 1. The van der Waals surface area contributed by atoms with E-state index in [2.05, 4.69) is 43.6 Å². The van der Waals surface area contributed by atoms with Crippen molar-refractivity contribution in [3.8, 4) is 0 Å². The summed E-state index contributed by atoms with van der Waals surface area (Å²) in [5.74, 6) is 0. The van der Waals surface area contributed by atoms with Crippen LogP contribution in [0.5, 0.6) is 0 Å². The molecule has 0 aromatic carbocycles. The predicted molar refractivity (Wildman–Crippen MR) is 60.4 cm³/mol. The molecular weight excluding hydrogens is 242 g/mol. The molecule has 2 rings (SSSR count). The van der Waals surface area contributed by atoms with Crippen LogP contribution in [0.25, 0.3) is 5.65 Å². The van der Waals surface area contributed by atoms with Crippen molar-refractivity contribution in [2.45, 2.75) is 13.5 Å². The molecule has 0 atom stereocenters. The van der Waals surface area contributed by atoms with Crippen LogP contribution in [0.1, 0.15) is 11.3 Å². The zero-order valence-electron chi connectivity index (χ0n) is 8.21. The number of fused-ring (bicyclic) bond motifs is 1. The molecule has 2 heterocycles. The van der Waals surface area contributed by atoms with Gasteiger partial charge in [0.2, 0.25) is 0 Å². The van der Waals surface area contributed by atoms with E-state index in [1.165, 1.54) is 5.56 Å². The van der Waals surface area contributed by atoms with Gasteiger partial charge in [-0.25, -0.2) is 4.98 Å². The fraction of sp³-hybridized carbons (Fsp3) is 0.300. The Morgan fingerprint density at radius 1 is 1.57 bits per heavy atom. The van der Waals surface area contributed by atoms with Gasteiger partial charge in [-0.15, -0.1) is 0 Å². The van der Waals surface area contributed by atoms with Crippen LogP contribution >= 0.6 is 15.9 Å². The molecule has 0 aliphatic rings. The number of halogens is 1. The molecule has 0 amide bonds. The SMILES string of the molecule is CNCc1nc2c(C)cccn2c1Br. The second-order valence-electron chi connectivity index (χ2n) is 3.26. The lowest BCUT2D eigenvalue weighted by molar-refractivity contribution is 0.793. The van der Waals surface area contributed by atoms with Crippen molar-refractivity contribution in [1.82, 2.24) is 14.7 Å². The molecule has 0 fully saturated rings. The van der Waals surface area contributed by atoms with Gasteiger partial charge in [-0.3, -0.25) is 4.40 Å². The molecule has 0 unspecified atom stereocenters. The monoisotopic (exact) mass is 253 g/mol. The zero-order chi connectivity index (χ0) is 10.1. The van der Waals surface area contributed by atoms with Crippen LogP contribution in [-0.2, 0) is 6.54 Å². The number of aromatic nitrogens is 2. The van der Waals surface area contributed by atoms with Crippen LogP contribution in [0.15, 0.2) is 22.9 Å². The third-order valence-corrected chi connectivity index (χ3v) is 3.04. The normalized spacial score (nSPS) is 11.1. The van der Waals surface area contributed by atoms with Gasteiger partial charge in [0.1, 0.15) is 10.3 Å². The summed E-state index contributed by atoms with van der Waals surface area (Å²) in [6, 6.07) is 4.09. The molecule has 0 aliphatic carbocycles. The highest BCUT2D eigenvalue weighted by Gasteiger charge is 2.09. The summed E-state index contributed by atoms with van der Waals surface area (Å²) < 4.78 is 3.09. The maximum atomic E-state index is 4.56. The summed E-state index contributed by atoms with van der Waals surface area (Å²) >= 11 is 3.55. The molecule has 0 spiro atoms. The average molecular weight is 254 g/mol. The summed E-state index contributed by atoms with van der Waals surface area (Å²) in [7, 11) is 1.92. The Morgan fingerprint density at radius 3 is 3.00 bits per heavy atom. The first-order valence-electron chi connectivity index (χ1n) is 4.50. The molecule has 3 nitrogen and oxygen atoms in total. The summed E-state index contributed by atoms with van der Waals surface area (Å²) in [6.07, 6.45) is 2.01. The Bertz CT molecular complexity index is 462. The quantitative estimate of drug-likeness (QED) is 0.889.